The Labute approximate surface area is 101 Å². The zero-order chi connectivity index (χ0) is 12.1. The molecule has 0 fully saturated rings. The molecule has 1 amide bonds. The van der Waals surface area contributed by atoms with Gasteiger partial charge in [0.25, 0.3) is 5.91 Å². The summed E-state index contributed by atoms with van der Waals surface area (Å²) < 4.78 is 26.1. The van der Waals surface area contributed by atoms with E-state index in [1.54, 1.807) is 0 Å². The second-order valence-electron chi connectivity index (χ2n) is 3.33. The highest BCUT2D eigenvalue weighted by molar-refractivity contribution is 9.09. The monoisotopic (exact) mass is 291 g/mol. The van der Waals surface area contributed by atoms with Gasteiger partial charge in [0.15, 0.2) is 11.6 Å². The van der Waals surface area contributed by atoms with Crippen LogP contribution in [-0.2, 0) is 0 Å². The van der Waals surface area contributed by atoms with Crippen LogP contribution < -0.4 is 5.32 Å². The Bertz CT molecular complexity index is 380. The molecule has 0 aliphatic heterocycles. The van der Waals surface area contributed by atoms with Crippen LogP contribution in [0.15, 0.2) is 18.2 Å². The number of carbonyl (C=O) groups excluding carboxylic acids is 1. The van der Waals surface area contributed by atoms with Crippen LogP contribution in [0.3, 0.4) is 0 Å². The summed E-state index contributed by atoms with van der Waals surface area (Å²) in [7, 11) is 0. The summed E-state index contributed by atoms with van der Waals surface area (Å²) in [6.45, 7) is 1.90. The standard InChI is InChI=1S/C11H12BrF2NO/c1-2-7(6-12)15-11(16)8-4-3-5-9(13)10(8)14/h3-5,7H,2,6H2,1H3,(H,15,16). The molecule has 88 valence electrons. The van der Waals surface area contributed by atoms with Crippen molar-refractivity contribution in [3.05, 3.63) is 35.4 Å². The molecule has 1 rings (SSSR count). The third-order valence-electron chi connectivity index (χ3n) is 2.21. The van der Waals surface area contributed by atoms with Gasteiger partial charge in [0.1, 0.15) is 0 Å². The van der Waals surface area contributed by atoms with Gasteiger partial charge in [0.05, 0.1) is 5.56 Å². The summed E-state index contributed by atoms with van der Waals surface area (Å²) in [5, 5.41) is 3.18. The first-order valence-electron chi connectivity index (χ1n) is 4.91. The maximum atomic E-state index is 13.3. The maximum Gasteiger partial charge on any atom is 0.254 e. The fourth-order valence-corrected chi connectivity index (χ4v) is 1.81. The van der Waals surface area contributed by atoms with Gasteiger partial charge in [-0.2, -0.15) is 0 Å². The predicted molar refractivity (Wildman–Crippen MR) is 61.7 cm³/mol. The van der Waals surface area contributed by atoms with E-state index in [1.165, 1.54) is 12.1 Å². The molecule has 1 atom stereocenters. The quantitative estimate of drug-likeness (QED) is 0.849. The summed E-state index contributed by atoms with van der Waals surface area (Å²) in [6, 6.07) is 3.46. The van der Waals surface area contributed by atoms with Crippen molar-refractivity contribution in [3.8, 4) is 0 Å². The minimum absolute atomic E-state index is 0.0878. The fraction of sp³-hybridized carbons (Fsp3) is 0.364. The minimum atomic E-state index is -1.11. The highest BCUT2D eigenvalue weighted by atomic mass is 79.9. The molecule has 0 aromatic heterocycles. The number of amides is 1. The Kier molecular flexibility index (Phi) is 4.86. The second-order valence-corrected chi connectivity index (χ2v) is 3.98. The summed E-state index contributed by atoms with van der Waals surface area (Å²) in [4.78, 5) is 11.6. The molecule has 0 aliphatic rings. The lowest BCUT2D eigenvalue weighted by molar-refractivity contribution is 0.0935. The molecule has 0 radical (unpaired) electrons. The van der Waals surface area contributed by atoms with Gasteiger partial charge in [-0.15, -0.1) is 0 Å². The molecular weight excluding hydrogens is 280 g/mol. The van der Waals surface area contributed by atoms with Gasteiger partial charge in [0, 0.05) is 11.4 Å². The van der Waals surface area contributed by atoms with Crippen molar-refractivity contribution in [3.63, 3.8) is 0 Å². The first kappa shape index (κ1) is 13.1. The Balaban J connectivity index is 2.84. The number of alkyl halides is 1. The summed E-state index contributed by atoms with van der Waals surface area (Å²) in [5.74, 6) is -2.72. The summed E-state index contributed by atoms with van der Waals surface area (Å²) in [5.41, 5.74) is -0.264. The van der Waals surface area contributed by atoms with Crippen LogP contribution in [0, 0.1) is 11.6 Å². The van der Waals surface area contributed by atoms with Gasteiger partial charge in [-0.05, 0) is 18.6 Å². The molecule has 0 saturated heterocycles. The number of hydrogen-bond acceptors (Lipinski definition) is 1. The second kappa shape index (κ2) is 5.94. The zero-order valence-electron chi connectivity index (χ0n) is 8.77. The number of carbonyl (C=O) groups is 1. The normalized spacial score (nSPS) is 12.2. The average Bonchev–Trinajstić information content (AvgIpc) is 2.29. The van der Waals surface area contributed by atoms with E-state index in [0.29, 0.717) is 11.8 Å². The molecule has 1 N–H and O–H groups in total. The number of rotatable bonds is 4. The van der Waals surface area contributed by atoms with E-state index in [4.69, 9.17) is 0 Å². The highest BCUT2D eigenvalue weighted by Gasteiger charge is 2.17. The maximum absolute atomic E-state index is 13.3. The minimum Gasteiger partial charge on any atom is -0.348 e. The largest absolute Gasteiger partial charge is 0.348 e. The van der Waals surface area contributed by atoms with Crippen LogP contribution >= 0.6 is 15.9 Å². The topological polar surface area (TPSA) is 29.1 Å². The molecule has 2 nitrogen and oxygen atoms in total. The smallest absolute Gasteiger partial charge is 0.254 e. The van der Waals surface area contributed by atoms with E-state index in [1.807, 2.05) is 6.92 Å². The Morgan fingerprint density at radius 1 is 1.50 bits per heavy atom. The number of nitrogens with one attached hydrogen (secondary N) is 1. The molecule has 0 saturated carbocycles. The van der Waals surface area contributed by atoms with Crippen LogP contribution in [0.5, 0.6) is 0 Å². The van der Waals surface area contributed by atoms with Gasteiger partial charge >= 0.3 is 0 Å². The van der Waals surface area contributed by atoms with Crippen LogP contribution in [0.1, 0.15) is 23.7 Å². The number of benzene rings is 1. The first-order valence-corrected chi connectivity index (χ1v) is 6.03. The van der Waals surface area contributed by atoms with Crippen LogP contribution in [-0.4, -0.2) is 17.3 Å². The predicted octanol–water partition coefficient (Wildman–Crippen LogP) is 2.87. The van der Waals surface area contributed by atoms with Crippen molar-refractivity contribution in [2.24, 2.45) is 0 Å². The lowest BCUT2D eigenvalue weighted by Crippen LogP contribution is -2.36. The van der Waals surface area contributed by atoms with E-state index >= 15 is 0 Å². The van der Waals surface area contributed by atoms with Crippen LogP contribution in [0.4, 0.5) is 8.78 Å². The third-order valence-corrected chi connectivity index (χ3v) is 2.99. The van der Waals surface area contributed by atoms with Crippen molar-refractivity contribution >= 4 is 21.8 Å². The molecular formula is C11H12BrF2NO. The van der Waals surface area contributed by atoms with Crippen molar-refractivity contribution in [1.82, 2.24) is 5.32 Å². The molecule has 1 aromatic carbocycles. The highest BCUT2D eigenvalue weighted by Crippen LogP contribution is 2.11. The van der Waals surface area contributed by atoms with Crippen LogP contribution in [0.25, 0.3) is 0 Å². The Morgan fingerprint density at radius 3 is 2.75 bits per heavy atom. The van der Waals surface area contributed by atoms with E-state index in [9.17, 15) is 13.6 Å². The van der Waals surface area contributed by atoms with Crippen molar-refractivity contribution in [2.75, 3.05) is 5.33 Å². The van der Waals surface area contributed by atoms with E-state index in [2.05, 4.69) is 21.2 Å². The van der Waals surface area contributed by atoms with E-state index in [0.717, 1.165) is 6.07 Å². The van der Waals surface area contributed by atoms with Crippen molar-refractivity contribution in [2.45, 2.75) is 19.4 Å². The summed E-state index contributed by atoms with van der Waals surface area (Å²) >= 11 is 3.23. The summed E-state index contributed by atoms with van der Waals surface area (Å²) in [6.07, 6.45) is 0.716. The molecule has 5 heteroatoms. The van der Waals surface area contributed by atoms with Gasteiger partial charge in [-0.3, -0.25) is 4.79 Å². The molecule has 1 aromatic rings. The van der Waals surface area contributed by atoms with Gasteiger partial charge in [0.2, 0.25) is 0 Å². The average molecular weight is 292 g/mol. The third kappa shape index (κ3) is 3.01. The molecule has 0 heterocycles. The Morgan fingerprint density at radius 2 is 2.19 bits per heavy atom. The van der Waals surface area contributed by atoms with Crippen LogP contribution in [0.2, 0.25) is 0 Å². The molecule has 0 spiro atoms. The molecule has 1 unspecified atom stereocenters. The van der Waals surface area contributed by atoms with Gasteiger partial charge in [-0.1, -0.05) is 28.9 Å². The first-order chi connectivity index (χ1) is 7.60. The SMILES string of the molecule is CCC(CBr)NC(=O)c1cccc(F)c1F. The lowest BCUT2D eigenvalue weighted by Gasteiger charge is -2.14. The number of hydrogen-bond donors (Lipinski definition) is 1. The molecule has 0 aliphatic carbocycles. The Hall–Kier alpha value is -0.970. The molecule has 0 bridgehead atoms. The number of halogens is 3. The fourth-order valence-electron chi connectivity index (χ4n) is 1.19. The van der Waals surface area contributed by atoms with Gasteiger partial charge in [-0.25, -0.2) is 8.78 Å². The van der Waals surface area contributed by atoms with Crippen molar-refractivity contribution in [1.29, 1.82) is 0 Å². The van der Waals surface area contributed by atoms with E-state index < -0.39 is 17.5 Å². The lowest BCUT2D eigenvalue weighted by atomic mass is 10.1. The van der Waals surface area contributed by atoms with Crippen molar-refractivity contribution < 1.29 is 13.6 Å². The van der Waals surface area contributed by atoms with Gasteiger partial charge < -0.3 is 5.32 Å². The zero-order valence-corrected chi connectivity index (χ0v) is 10.4. The molecule has 16 heavy (non-hydrogen) atoms. The van der Waals surface area contributed by atoms with E-state index in [-0.39, 0.29) is 11.6 Å².